The fraction of sp³-hybridized carbons (Fsp3) is 0.611. The molecule has 0 radical (unpaired) electrons. The van der Waals surface area contributed by atoms with Gasteiger partial charge in [0.1, 0.15) is 5.82 Å². The fourth-order valence-corrected chi connectivity index (χ4v) is 3.53. The summed E-state index contributed by atoms with van der Waals surface area (Å²) in [5.41, 5.74) is 0.884. The van der Waals surface area contributed by atoms with Gasteiger partial charge in [-0.3, -0.25) is 9.89 Å². The lowest BCUT2D eigenvalue weighted by Gasteiger charge is -2.22. The van der Waals surface area contributed by atoms with Gasteiger partial charge in [-0.15, -0.1) is 0 Å². The molecular formula is C18H24F4N4. The molecule has 1 aromatic rings. The summed E-state index contributed by atoms with van der Waals surface area (Å²) in [6.07, 6.45) is -1.57. The van der Waals surface area contributed by atoms with Crippen LogP contribution >= 0.6 is 0 Å². The molecule has 1 saturated carbocycles. The number of rotatable bonds is 5. The SMILES string of the molecule is CN=C(NCC1(c2cccc(F)c2)CC1)NC1CCN(CC(F)(F)F)C1. The minimum Gasteiger partial charge on any atom is -0.356 e. The van der Waals surface area contributed by atoms with Gasteiger partial charge in [-0.05, 0) is 37.0 Å². The normalized spacial score (nSPS) is 23.1. The molecule has 1 heterocycles. The highest BCUT2D eigenvalue weighted by molar-refractivity contribution is 5.80. The first kappa shape index (κ1) is 18.9. The molecule has 144 valence electrons. The first-order valence-electron chi connectivity index (χ1n) is 8.82. The van der Waals surface area contributed by atoms with Crippen molar-refractivity contribution in [3.63, 3.8) is 0 Å². The molecule has 1 aliphatic heterocycles. The summed E-state index contributed by atoms with van der Waals surface area (Å²) in [5, 5.41) is 6.46. The Morgan fingerprint density at radius 3 is 2.73 bits per heavy atom. The number of nitrogens with one attached hydrogen (secondary N) is 2. The third-order valence-corrected chi connectivity index (χ3v) is 5.12. The Hall–Kier alpha value is -1.83. The average Bonchev–Trinajstić information content (AvgIpc) is 3.25. The quantitative estimate of drug-likeness (QED) is 0.474. The van der Waals surface area contributed by atoms with Gasteiger partial charge in [0.05, 0.1) is 6.54 Å². The van der Waals surface area contributed by atoms with Gasteiger partial charge < -0.3 is 10.6 Å². The molecule has 1 unspecified atom stereocenters. The Morgan fingerprint density at radius 1 is 1.35 bits per heavy atom. The molecule has 2 N–H and O–H groups in total. The minimum atomic E-state index is -4.17. The van der Waals surface area contributed by atoms with Crippen LogP contribution in [0.25, 0.3) is 0 Å². The van der Waals surface area contributed by atoms with Crippen molar-refractivity contribution in [1.29, 1.82) is 0 Å². The zero-order valence-corrected chi connectivity index (χ0v) is 14.7. The molecule has 4 nitrogen and oxygen atoms in total. The van der Waals surface area contributed by atoms with Gasteiger partial charge in [-0.1, -0.05) is 12.1 Å². The Morgan fingerprint density at radius 2 is 2.12 bits per heavy atom. The molecule has 3 rings (SSSR count). The van der Waals surface area contributed by atoms with Crippen LogP contribution in [-0.2, 0) is 5.41 Å². The number of halogens is 4. The summed E-state index contributed by atoms with van der Waals surface area (Å²) in [5.74, 6) is 0.332. The molecule has 1 aliphatic carbocycles. The van der Waals surface area contributed by atoms with E-state index < -0.39 is 12.7 Å². The summed E-state index contributed by atoms with van der Waals surface area (Å²) in [6, 6.07) is 6.58. The van der Waals surface area contributed by atoms with Crippen LogP contribution in [-0.4, -0.2) is 56.3 Å². The summed E-state index contributed by atoms with van der Waals surface area (Å²) in [4.78, 5) is 5.58. The van der Waals surface area contributed by atoms with Crippen LogP contribution < -0.4 is 10.6 Å². The lowest BCUT2D eigenvalue weighted by atomic mass is 9.96. The number of hydrogen-bond donors (Lipinski definition) is 2. The van der Waals surface area contributed by atoms with Gasteiger partial charge in [-0.2, -0.15) is 13.2 Å². The van der Waals surface area contributed by atoms with Crippen molar-refractivity contribution in [3.8, 4) is 0 Å². The summed E-state index contributed by atoms with van der Waals surface area (Å²) >= 11 is 0. The van der Waals surface area contributed by atoms with Crippen molar-refractivity contribution in [2.75, 3.05) is 33.2 Å². The van der Waals surface area contributed by atoms with E-state index in [1.807, 2.05) is 6.07 Å². The third kappa shape index (κ3) is 4.87. The highest BCUT2D eigenvalue weighted by atomic mass is 19.4. The van der Waals surface area contributed by atoms with E-state index in [2.05, 4.69) is 15.6 Å². The molecule has 2 fully saturated rings. The molecule has 1 atom stereocenters. The van der Waals surface area contributed by atoms with Gasteiger partial charge >= 0.3 is 6.18 Å². The molecule has 0 bridgehead atoms. The van der Waals surface area contributed by atoms with E-state index in [0.29, 0.717) is 32.0 Å². The molecule has 0 aromatic heterocycles. The van der Waals surface area contributed by atoms with Gasteiger partial charge in [0.2, 0.25) is 0 Å². The number of benzene rings is 1. The van der Waals surface area contributed by atoms with Crippen LogP contribution in [0.2, 0.25) is 0 Å². The van der Waals surface area contributed by atoms with E-state index in [-0.39, 0.29) is 17.3 Å². The van der Waals surface area contributed by atoms with Gasteiger partial charge in [0.15, 0.2) is 5.96 Å². The molecule has 8 heteroatoms. The molecule has 2 aliphatic rings. The van der Waals surface area contributed by atoms with Gasteiger partial charge in [-0.25, -0.2) is 4.39 Å². The number of nitrogens with zero attached hydrogens (tertiary/aromatic N) is 2. The smallest absolute Gasteiger partial charge is 0.356 e. The molecular weight excluding hydrogens is 348 g/mol. The third-order valence-electron chi connectivity index (χ3n) is 5.12. The second kappa shape index (κ2) is 7.42. The van der Waals surface area contributed by atoms with Crippen LogP contribution in [0.5, 0.6) is 0 Å². The largest absolute Gasteiger partial charge is 0.401 e. The first-order valence-corrected chi connectivity index (χ1v) is 8.82. The standard InChI is InChI=1S/C18H24F4N4/c1-23-16(25-15-5-8-26(10-15)12-18(20,21)22)24-11-17(6-7-17)13-3-2-4-14(19)9-13/h2-4,9,15H,5-8,10-12H2,1H3,(H2,23,24,25). The van der Waals surface area contributed by atoms with E-state index >= 15 is 0 Å². The van der Waals surface area contributed by atoms with Crippen LogP contribution in [0, 0.1) is 5.82 Å². The van der Waals surface area contributed by atoms with Crippen molar-refractivity contribution < 1.29 is 17.6 Å². The van der Waals surface area contributed by atoms with Crippen LogP contribution in [0.1, 0.15) is 24.8 Å². The summed E-state index contributed by atoms with van der Waals surface area (Å²) in [7, 11) is 1.64. The number of aliphatic imine (C=N–C) groups is 1. The van der Waals surface area contributed by atoms with Crippen molar-refractivity contribution >= 4 is 5.96 Å². The van der Waals surface area contributed by atoms with Crippen molar-refractivity contribution in [2.45, 2.75) is 36.9 Å². The number of alkyl halides is 3. The molecule has 0 amide bonds. The average molecular weight is 372 g/mol. The molecule has 0 spiro atoms. The van der Waals surface area contributed by atoms with Crippen LogP contribution in [0.15, 0.2) is 29.3 Å². The van der Waals surface area contributed by atoms with Gasteiger partial charge in [0.25, 0.3) is 0 Å². The predicted octanol–water partition coefficient (Wildman–Crippen LogP) is 2.66. The number of hydrogen-bond acceptors (Lipinski definition) is 2. The number of likely N-dealkylation sites (tertiary alicyclic amines) is 1. The Kier molecular flexibility index (Phi) is 5.41. The van der Waals surface area contributed by atoms with E-state index in [0.717, 1.165) is 18.4 Å². The highest BCUT2D eigenvalue weighted by Gasteiger charge is 2.44. The molecule has 1 aromatic carbocycles. The Balaban J connectivity index is 1.50. The zero-order valence-electron chi connectivity index (χ0n) is 14.7. The van der Waals surface area contributed by atoms with Crippen LogP contribution in [0.4, 0.5) is 17.6 Å². The topological polar surface area (TPSA) is 39.7 Å². The predicted molar refractivity (Wildman–Crippen MR) is 92.7 cm³/mol. The second-order valence-corrected chi connectivity index (χ2v) is 7.20. The lowest BCUT2D eigenvalue weighted by Crippen LogP contribution is -2.47. The minimum absolute atomic E-state index is 0.0622. The molecule has 1 saturated heterocycles. The highest BCUT2D eigenvalue weighted by Crippen LogP contribution is 2.47. The second-order valence-electron chi connectivity index (χ2n) is 7.20. The Bertz CT molecular complexity index is 655. The maximum atomic E-state index is 13.5. The lowest BCUT2D eigenvalue weighted by molar-refractivity contribution is -0.143. The van der Waals surface area contributed by atoms with E-state index in [1.165, 1.54) is 11.0 Å². The van der Waals surface area contributed by atoms with Crippen LogP contribution in [0.3, 0.4) is 0 Å². The van der Waals surface area contributed by atoms with E-state index in [4.69, 9.17) is 0 Å². The van der Waals surface area contributed by atoms with E-state index in [1.54, 1.807) is 19.2 Å². The zero-order chi connectivity index (χ0) is 18.8. The summed E-state index contributed by atoms with van der Waals surface area (Å²) < 4.78 is 50.9. The maximum Gasteiger partial charge on any atom is 0.401 e. The van der Waals surface area contributed by atoms with Crippen molar-refractivity contribution in [1.82, 2.24) is 15.5 Å². The number of guanidine groups is 1. The van der Waals surface area contributed by atoms with E-state index in [9.17, 15) is 17.6 Å². The molecule has 26 heavy (non-hydrogen) atoms. The monoisotopic (exact) mass is 372 g/mol. The van der Waals surface area contributed by atoms with Crippen molar-refractivity contribution in [2.24, 2.45) is 4.99 Å². The Labute approximate surface area is 150 Å². The first-order chi connectivity index (χ1) is 12.3. The maximum absolute atomic E-state index is 13.5. The fourth-order valence-electron chi connectivity index (χ4n) is 3.53. The van der Waals surface area contributed by atoms with Gasteiger partial charge in [0, 0.05) is 38.1 Å². The summed E-state index contributed by atoms with van der Waals surface area (Å²) in [6.45, 7) is 0.506. The van der Waals surface area contributed by atoms with Crippen molar-refractivity contribution in [3.05, 3.63) is 35.6 Å².